The average Bonchev–Trinajstić information content (AvgIpc) is 2.90. The zero-order valence-electron chi connectivity index (χ0n) is 9.50. The summed E-state index contributed by atoms with van der Waals surface area (Å²) in [6.07, 6.45) is 3.92. The van der Waals surface area contributed by atoms with Gasteiger partial charge in [-0.15, -0.1) is 10.2 Å². The first-order valence-electron chi connectivity index (χ1n) is 5.84. The summed E-state index contributed by atoms with van der Waals surface area (Å²) in [5.74, 6) is 0.641. The molecule has 6 heteroatoms. The summed E-state index contributed by atoms with van der Waals surface area (Å²) >= 11 is 0. The summed E-state index contributed by atoms with van der Waals surface area (Å²) in [5, 5.41) is 22.3. The van der Waals surface area contributed by atoms with Crippen LogP contribution in [0.15, 0.2) is 0 Å². The second-order valence-electron chi connectivity index (χ2n) is 5.05. The van der Waals surface area contributed by atoms with Gasteiger partial charge in [-0.05, 0) is 24.5 Å². The normalized spacial score (nSPS) is 31.1. The summed E-state index contributed by atoms with van der Waals surface area (Å²) in [5.41, 5.74) is -0.647. The third-order valence-corrected chi connectivity index (χ3v) is 3.46. The number of aromatic nitrogens is 4. The minimum absolute atomic E-state index is 0.518. The van der Waals surface area contributed by atoms with Gasteiger partial charge >= 0.3 is 0 Å². The average molecular weight is 223 g/mol. The second kappa shape index (κ2) is 3.49. The van der Waals surface area contributed by atoms with Crippen LogP contribution in [0.3, 0.4) is 0 Å². The van der Waals surface area contributed by atoms with Gasteiger partial charge in [0.15, 0.2) is 5.82 Å². The Balaban J connectivity index is 1.65. The Kier molecular flexibility index (Phi) is 2.22. The molecule has 1 atom stereocenters. The standard InChI is InChI=1S/C10H17N5O/c1-14-12-9(11-13-14)6-10(16)4-5-15(7-10)8-2-3-8/h8,16H,2-7H2,1H3. The molecule has 3 rings (SSSR count). The third kappa shape index (κ3) is 1.94. The number of likely N-dealkylation sites (tertiary alicyclic amines) is 1. The van der Waals surface area contributed by atoms with Crippen LogP contribution in [0.1, 0.15) is 25.1 Å². The van der Waals surface area contributed by atoms with Gasteiger partial charge in [-0.1, -0.05) is 0 Å². The van der Waals surface area contributed by atoms with Gasteiger partial charge in [0.25, 0.3) is 0 Å². The Morgan fingerprint density at radius 1 is 1.50 bits per heavy atom. The Morgan fingerprint density at radius 2 is 2.31 bits per heavy atom. The SMILES string of the molecule is Cn1nnc(CC2(O)CCN(C3CC3)C2)n1. The van der Waals surface area contributed by atoms with Crippen LogP contribution >= 0.6 is 0 Å². The van der Waals surface area contributed by atoms with E-state index in [1.54, 1.807) is 7.05 Å². The Hall–Kier alpha value is -1.01. The predicted molar refractivity (Wildman–Crippen MR) is 56.7 cm³/mol. The molecule has 1 saturated carbocycles. The molecular formula is C10H17N5O. The number of aliphatic hydroxyl groups is 1. The number of nitrogens with zero attached hydrogens (tertiary/aromatic N) is 5. The highest BCUT2D eigenvalue weighted by Crippen LogP contribution is 2.34. The van der Waals surface area contributed by atoms with E-state index < -0.39 is 5.60 Å². The molecular weight excluding hydrogens is 206 g/mol. The lowest BCUT2D eigenvalue weighted by Crippen LogP contribution is -2.36. The molecule has 0 amide bonds. The monoisotopic (exact) mass is 223 g/mol. The molecule has 2 heterocycles. The molecule has 1 aliphatic heterocycles. The van der Waals surface area contributed by atoms with Gasteiger partial charge in [-0.2, -0.15) is 4.80 Å². The fourth-order valence-electron chi connectivity index (χ4n) is 2.47. The maximum absolute atomic E-state index is 10.4. The molecule has 1 unspecified atom stereocenters. The van der Waals surface area contributed by atoms with Gasteiger partial charge in [-0.3, -0.25) is 4.90 Å². The van der Waals surface area contributed by atoms with Crippen molar-refractivity contribution in [2.45, 2.75) is 37.3 Å². The molecule has 0 aromatic carbocycles. The number of tetrazole rings is 1. The van der Waals surface area contributed by atoms with Crippen molar-refractivity contribution in [3.8, 4) is 0 Å². The number of β-amino-alcohol motifs (C(OH)–C–C–N with tert-alkyl or cyclic N) is 1. The van der Waals surface area contributed by atoms with E-state index in [9.17, 15) is 5.11 Å². The quantitative estimate of drug-likeness (QED) is 0.737. The fraction of sp³-hybridized carbons (Fsp3) is 0.900. The van der Waals surface area contributed by atoms with Crippen molar-refractivity contribution in [2.24, 2.45) is 7.05 Å². The Bertz CT molecular complexity index is 388. The lowest BCUT2D eigenvalue weighted by molar-refractivity contribution is 0.0467. The first-order valence-corrected chi connectivity index (χ1v) is 5.84. The second-order valence-corrected chi connectivity index (χ2v) is 5.05. The molecule has 1 aliphatic carbocycles. The summed E-state index contributed by atoms with van der Waals surface area (Å²) in [4.78, 5) is 3.82. The van der Waals surface area contributed by atoms with Crippen LogP contribution in [0.25, 0.3) is 0 Å². The molecule has 6 nitrogen and oxygen atoms in total. The van der Waals surface area contributed by atoms with E-state index in [4.69, 9.17) is 0 Å². The van der Waals surface area contributed by atoms with Crippen LogP contribution in [0.4, 0.5) is 0 Å². The molecule has 1 aromatic rings. The zero-order chi connectivity index (χ0) is 11.2. The Labute approximate surface area is 94.2 Å². The molecule has 0 bridgehead atoms. The lowest BCUT2D eigenvalue weighted by atomic mass is 9.99. The molecule has 16 heavy (non-hydrogen) atoms. The Morgan fingerprint density at radius 3 is 2.94 bits per heavy atom. The minimum atomic E-state index is -0.647. The summed E-state index contributed by atoms with van der Waals surface area (Å²) in [6, 6.07) is 0.726. The van der Waals surface area contributed by atoms with E-state index in [2.05, 4.69) is 20.3 Å². The minimum Gasteiger partial charge on any atom is -0.388 e. The number of hydrogen-bond acceptors (Lipinski definition) is 5. The maximum Gasteiger partial charge on any atom is 0.177 e. The van der Waals surface area contributed by atoms with Gasteiger partial charge in [0.05, 0.1) is 12.6 Å². The van der Waals surface area contributed by atoms with Gasteiger partial charge in [0, 0.05) is 25.6 Å². The summed E-state index contributed by atoms with van der Waals surface area (Å²) < 4.78 is 0. The summed E-state index contributed by atoms with van der Waals surface area (Å²) in [7, 11) is 1.74. The summed E-state index contributed by atoms with van der Waals surface area (Å²) in [6.45, 7) is 1.76. The predicted octanol–water partition coefficient (Wildman–Crippen LogP) is -0.648. The smallest absolute Gasteiger partial charge is 0.177 e. The van der Waals surface area contributed by atoms with E-state index in [0.29, 0.717) is 12.2 Å². The highest BCUT2D eigenvalue weighted by Gasteiger charge is 2.42. The van der Waals surface area contributed by atoms with E-state index in [1.165, 1.54) is 17.6 Å². The van der Waals surface area contributed by atoms with Crippen molar-refractivity contribution in [1.29, 1.82) is 0 Å². The molecule has 1 N–H and O–H groups in total. The molecule has 2 aliphatic rings. The van der Waals surface area contributed by atoms with Gasteiger partial charge in [-0.25, -0.2) is 0 Å². The lowest BCUT2D eigenvalue weighted by Gasteiger charge is -2.21. The van der Waals surface area contributed by atoms with Crippen molar-refractivity contribution in [3.63, 3.8) is 0 Å². The zero-order valence-corrected chi connectivity index (χ0v) is 9.50. The largest absolute Gasteiger partial charge is 0.388 e. The first kappa shape index (κ1) is 10.2. The van der Waals surface area contributed by atoms with Crippen LogP contribution in [-0.2, 0) is 13.5 Å². The number of hydrogen-bond donors (Lipinski definition) is 1. The van der Waals surface area contributed by atoms with Gasteiger partial charge in [0.1, 0.15) is 0 Å². The highest BCUT2D eigenvalue weighted by atomic mass is 16.3. The van der Waals surface area contributed by atoms with Gasteiger partial charge < -0.3 is 5.11 Å². The number of rotatable bonds is 3. The number of aryl methyl sites for hydroxylation is 1. The third-order valence-electron chi connectivity index (χ3n) is 3.46. The fourth-order valence-corrected chi connectivity index (χ4v) is 2.47. The topological polar surface area (TPSA) is 67.1 Å². The molecule has 2 fully saturated rings. The van der Waals surface area contributed by atoms with Crippen molar-refractivity contribution >= 4 is 0 Å². The van der Waals surface area contributed by atoms with Crippen LogP contribution in [-0.4, -0.2) is 54.9 Å². The molecule has 0 radical (unpaired) electrons. The van der Waals surface area contributed by atoms with Crippen LogP contribution in [0.5, 0.6) is 0 Å². The molecule has 1 aromatic heterocycles. The van der Waals surface area contributed by atoms with Crippen molar-refractivity contribution < 1.29 is 5.11 Å². The molecule has 1 saturated heterocycles. The van der Waals surface area contributed by atoms with E-state index in [1.807, 2.05) is 0 Å². The first-order chi connectivity index (χ1) is 7.65. The van der Waals surface area contributed by atoms with E-state index >= 15 is 0 Å². The van der Waals surface area contributed by atoms with Crippen molar-refractivity contribution in [2.75, 3.05) is 13.1 Å². The van der Waals surface area contributed by atoms with Crippen LogP contribution in [0.2, 0.25) is 0 Å². The molecule has 0 spiro atoms. The van der Waals surface area contributed by atoms with Crippen molar-refractivity contribution in [1.82, 2.24) is 25.1 Å². The van der Waals surface area contributed by atoms with E-state index in [0.717, 1.165) is 25.6 Å². The van der Waals surface area contributed by atoms with Gasteiger partial charge in [0.2, 0.25) is 0 Å². The van der Waals surface area contributed by atoms with Crippen LogP contribution < -0.4 is 0 Å². The maximum atomic E-state index is 10.4. The van der Waals surface area contributed by atoms with Crippen LogP contribution in [0, 0.1) is 0 Å². The van der Waals surface area contributed by atoms with Crippen molar-refractivity contribution in [3.05, 3.63) is 5.82 Å². The highest BCUT2D eigenvalue weighted by molar-refractivity contribution is 5.01. The van der Waals surface area contributed by atoms with E-state index in [-0.39, 0.29) is 0 Å². The molecule has 88 valence electrons.